The average Bonchev–Trinajstić information content (AvgIpc) is 3.05. The number of carbonyl (C=O) groups is 1. The minimum Gasteiger partial charge on any atom is -0.395 e. The molecule has 2 rings (SSSR count). The van der Waals surface area contributed by atoms with Gasteiger partial charge in [-0.25, -0.2) is 0 Å². The summed E-state index contributed by atoms with van der Waals surface area (Å²) in [5.74, 6) is -0.381. The van der Waals surface area contributed by atoms with Crippen molar-refractivity contribution in [1.29, 1.82) is 0 Å². The molecule has 0 saturated carbocycles. The van der Waals surface area contributed by atoms with E-state index in [1.165, 1.54) is 0 Å². The van der Waals surface area contributed by atoms with Gasteiger partial charge in [-0.05, 0) is 30.1 Å². The molecule has 0 aliphatic carbocycles. The van der Waals surface area contributed by atoms with Crippen LogP contribution < -0.4 is 10.9 Å². The summed E-state index contributed by atoms with van der Waals surface area (Å²) in [6.45, 7) is 4.32. The van der Waals surface area contributed by atoms with Crippen LogP contribution in [0.1, 0.15) is 27.9 Å². The van der Waals surface area contributed by atoms with Gasteiger partial charge in [0.1, 0.15) is 5.56 Å². The lowest BCUT2D eigenvalue weighted by molar-refractivity contribution is 0.0949. The monoisotopic (exact) mass is 335 g/mol. The summed E-state index contributed by atoms with van der Waals surface area (Å²) in [5, 5.41) is 13.7. The molecule has 0 aliphatic rings. The Balaban J connectivity index is 2.00. The van der Waals surface area contributed by atoms with Gasteiger partial charge >= 0.3 is 0 Å². The molecule has 0 aromatic carbocycles. The van der Waals surface area contributed by atoms with Gasteiger partial charge in [0.2, 0.25) is 0 Å². The van der Waals surface area contributed by atoms with E-state index in [4.69, 9.17) is 5.11 Å². The largest absolute Gasteiger partial charge is 0.395 e. The normalized spacial score (nSPS) is 10.9. The first kappa shape index (κ1) is 17.4. The molecule has 6 nitrogen and oxygen atoms in total. The van der Waals surface area contributed by atoms with E-state index in [1.54, 1.807) is 23.5 Å². The Kier molecular flexibility index (Phi) is 6.52. The van der Waals surface area contributed by atoms with Crippen molar-refractivity contribution in [3.63, 3.8) is 0 Å². The molecule has 124 valence electrons. The summed E-state index contributed by atoms with van der Waals surface area (Å²) in [6.07, 6.45) is 0. The number of aromatic nitrogens is 1. The zero-order valence-electron chi connectivity index (χ0n) is 13.0. The summed E-state index contributed by atoms with van der Waals surface area (Å²) >= 11 is 1.55. The lowest BCUT2D eigenvalue weighted by Gasteiger charge is -2.18. The number of amides is 1. The van der Waals surface area contributed by atoms with E-state index < -0.39 is 5.56 Å². The number of thiophene rings is 1. The fourth-order valence-corrected chi connectivity index (χ4v) is 2.84. The second kappa shape index (κ2) is 8.61. The SMILES string of the molecule is CCN(CCO)Cc1ccc(C(=O)NCc2cccs2)c(=O)[nH]1. The van der Waals surface area contributed by atoms with Gasteiger partial charge in [0, 0.05) is 23.7 Å². The first-order valence-corrected chi connectivity index (χ1v) is 8.38. The van der Waals surface area contributed by atoms with Gasteiger partial charge in [-0.1, -0.05) is 13.0 Å². The van der Waals surface area contributed by atoms with Crippen LogP contribution in [0.2, 0.25) is 0 Å². The highest BCUT2D eigenvalue weighted by atomic mass is 32.1. The van der Waals surface area contributed by atoms with Crippen molar-refractivity contribution >= 4 is 17.2 Å². The van der Waals surface area contributed by atoms with Crippen molar-refractivity contribution in [2.75, 3.05) is 19.7 Å². The molecule has 3 N–H and O–H groups in total. The van der Waals surface area contributed by atoms with Gasteiger partial charge in [-0.3, -0.25) is 14.5 Å². The molecule has 0 aliphatic heterocycles. The number of hydrogen-bond acceptors (Lipinski definition) is 5. The maximum atomic E-state index is 12.1. The zero-order chi connectivity index (χ0) is 16.7. The number of likely N-dealkylation sites (N-methyl/N-ethyl adjacent to an activating group) is 1. The number of pyridine rings is 1. The fourth-order valence-electron chi connectivity index (χ4n) is 2.19. The van der Waals surface area contributed by atoms with Gasteiger partial charge in [-0.2, -0.15) is 0 Å². The summed E-state index contributed by atoms with van der Waals surface area (Å²) in [6, 6.07) is 7.13. The Bertz CT molecular complexity index is 682. The van der Waals surface area contributed by atoms with Crippen LogP contribution in [-0.4, -0.2) is 40.6 Å². The van der Waals surface area contributed by atoms with E-state index >= 15 is 0 Å². The molecule has 1 amide bonds. The molecule has 2 aromatic rings. The van der Waals surface area contributed by atoms with Crippen LogP contribution in [0.25, 0.3) is 0 Å². The van der Waals surface area contributed by atoms with Crippen LogP contribution in [0.3, 0.4) is 0 Å². The van der Waals surface area contributed by atoms with E-state index in [1.807, 2.05) is 29.3 Å². The molecule has 0 saturated heterocycles. The van der Waals surface area contributed by atoms with E-state index in [0.717, 1.165) is 17.1 Å². The third kappa shape index (κ3) is 5.02. The number of aliphatic hydroxyl groups excluding tert-OH is 1. The van der Waals surface area contributed by atoms with E-state index in [9.17, 15) is 9.59 Å². The number of aliphatic hydroxyl groups is 1. The molecular formula is C16H21N3O3S. The molecule has 0 radical (unpaired) electrons. The maximum absolute atomic E-state index is 12.1. The molecule has 2 heterocycles. The molecule has 0 fully saturated rings. The molecule has 0 atom stereocenters. The van der Waals surface area contributed by atoms with E-state index in [0.29, 0.717) is 19.6 Å². The van der Waals surface area contributed by atoms with Crippen molar-refractivity contribution in [3.05, 3.63) is 56.1 Å². The standard InChI is InChI=1S/C16H21N3O3S/c1-2-19(7-8-20)11-12-5-6-14(16(22)18-12)15(21)17-10-13-4-3-9-23-13/h3-6,9,20H,2,7-8,10-11H2,1H3,(H,17,21)(H,18,22). The summed E-state index contributed by atoms with van der Waals surface area (Å²) < 4.78 is 0. The van der Waals surface area contributed by atoms with Gasteiger partial charge in [0.05, 0.1) is 13.2 Å². The average molecular weight is 335 g/mol. The van der Waals surface area contributed by atoms with Crippen LogP contribution in [-0.2, 0) is 13.1 Å². The van der Waals surface area contributed by atoms with Crippen molar-refractivity contribution in [3.8, 4) is 0 Å². The summed E-state index contributed by atoms with van der Waals surface area (Å²) in [5.41, 5.74) is 0.432. The Hall–Kier alpha value is -1.96. The van der Waals surface area contributed by atoms with Crippen molar-refractivity contribution in [2.24, 2.45) is 0 Å². The highest BCUT2D eigenvalue weighted by Gasteiger charge is 2.12. The molecule has 0 spiro atoms. The van der Waals surface area contributed by atoms with Gasteiger partial charge in [-0.15, -0.1) is 11.3 Å². The van der Waals surface area contributed by atoms with Crippen LogP contribution in [0, 0.1) is 0 Å². The number of nitrogens with zero attached hydrogens (tertiary/aromatic N) is 1. The van der Waals surface area contributed by atoms with Crippen LogP contribution in [0.15, 0.2) is 34.4 Å². The first-order chi connectivity index (χ1) is 11.1. The maximum Gasteiger partial charge on any atom is 0.261 e. The second-order valence-electron chi connectivity index (χ2n) is 5.08. The molecule has 2 aromatic heterocycles. The smallest absolute Gasteiger partial charge is 0.261 e. The van der Waals surface area contributed by atoms with E-state index in [-0.39, 0.29) is 18.1 Å². The topological polar surface area (TPSA) is 85.4 Å². The lowest BCUT2D eigenvalue weighted by atomic mass is 10.2. The fraction of sp³-hybridized carbons (Fsp3) is 0.375. The predicted octanol–water partition coefficient (Wildman–Crippen LogP) is 1.18. The quantitative estimate of drug-likeness (QED) is 0.676. The number of carbonyl (C=O) groups excluding carboxylic acids is 1. The number of H-pyrrole nitrogens is 1. The van der Waals surface area contributed by atoms with Crippen molar-refractivity contribution in [1.82, 2.24) is 15.2 Å². The Morgan fingerprint density at radius 2 is 2.22 bits per heavy atom. The summed E-state index contributed by atoms with van der Waals surface area (Å²) in [4.78, 5) is 29.9. The van der Waals surface area contributed by atoms with Crippen LogP contribution in [0.5, 0.6) is 0 Å². The molecule has 0 unspecified atom stereocenters. The van der Waals surface area contributed by atoms with Crippen molar-refractivity contribution < 1.29 is 9.90 Å². The Morgan fingerprint density at radius 3 is 2.83 bits per heavy atom. The number of rotatable bonds is 8. The third-order valence-corrected chi connectivity index (χ3v) is 4.35. The first-order valence-electron chi connectivity index (χ1n) is 7.50. The number of hydrogen-bond donors (Lipinski definition) is 3. The van der Waals surface area contributed by atoms with Gasteiger partial charge in [0.15, 0.2) is 0 Å². The molecule has 23 heavy (non-hydrogen) atoms. The van der Waals surface area contributed by atoms with Crippen LogP contribution >= 0.6 is 11.3 Å². The third-order valence-electron chi connectivity index (χ3n) is 3.48. The minimum absolute atomic E-state index is 0.0707. The molecule has 7 heteroatoms. The van der Waals surface area contributed by atoms with Gasteiger partial charge < -0.3 is 15.4 Å². The highest BCUT2D eigenvalue weighted by Crippen LogP contribution is 2.08. The molecular weight excluding hydrogens is 314 g/mol. The zero-order valence-corrected chi connectivity index (χ0v) is 13.9. The van der Waals surface area contributed by atoms with E-state index in [2.05, 4.69) is 10.3 Å². The Labute approximate surface area is 138 Å². The second-order valence-corrected chi connectivity index (χ2v) is 6.11. The Morgan fingerprint density at radius 1 is 1.39 bits per heavy atom. The van der Waals surface area contributed by atoms with Gasteiger partial charge in [0.25, 0.3) is 11.5 Å². The minimum atomic E-state index is -0.397. The highest BCUT2D eigenvalue weighted by molar-refractivity contribution is 7.09. The number of nitrogens with one attached hydrogen (secondary N) is 2. The molecule has 0 bridgehead atoms. The van der Waals surface area contributed by atoms with Crippen molar-refractivity contribution in [2.45, 2.75) is 20.0 Å². The predicted molar refractivity (Wildman–Crippen MR) is 90.6 cm³/mol. The van der Waals surface area contributed by atoms with Crippen LogP contribution in [0.4, 0.5) is 0 Å². The summed E-state index contributed by atoms with van der Waals surface area (Å²) in [7, 11) is 0. The lowest BCUT2D eigenvalue weighted by Crippen LogP contribution is -2.31. The number of aromatic amines is 1.